The van der Waals surface area contributed by atoms with E-state index in [1.807, 2.05) is 24.3 Å². The van der Waals surface area contributed by atoms with Gasteiger partial charge in [-0.1, -0.05) is 11.6 Å². The van der Waals surface area contributed by atoms with Crippen LogP contribution in [0.5, 0.6) is 0 Å². The highest BCUT2D eigenvalue weighted by Gasteiger charge is 2.32. The molecule has 3 atom stereocenters. The smallest absolute Gasteiger partial charge is 0.134 e. The van der Waals surface area contributed by atoms with E-state index in [-0.39, 0.29) is 18.2 Å². The number of fused-ring (bicyclic) bond motifs is 1. The van der Waals surface area contributed by atoms with Crippen molar-refractivity contribution in [2.75, 3.05) is 0 Å². The van der Waals surface area contributed by atoms with E-state index in [0.717, 1.165) is 29.6 Å². The Morgan fingerprint density at radius 3 is 2.89 bits per heavy atom. The molecule has 0 aliphatic carbocycles. The van der Waals surface area contributed by atoms with Gasteiger partial charge in [0, 0.05) is 10.4 Å². The molecular weight excluding hydrogens is 264 g/mol. The summed E-state index contributed by atoms with van der Waals surface area (Å²) >= 11 is 5.98. The normalized spacial score (nSPS) is 25.0. The van der Waals surface area contributed by atoms with Crippen LogP contribution in [0, 0.1) is 0 Å². The Morgan fingerprint density at radius 2 is 2.21 bits per heavy atom. The Morgan fingerprint density at radius 1 is 1.37 bits per heavy atom. The maximum atomic E-state index is 5.98. The predicted molar refractivity (Wildman–Crippen MR) is 74.9 cm³/mol. The standard InChI is InChI=1S/C14H17ClN2O2/c1-8-2-4-12(18-8)14(17-16)13-7-9-6-10(15)3-5-11(9)19-13/h3,5-8,12,14,17H,2,4,16H2,1H3. The molecule has 5 heteroatoms. The van der Waals surface area contributed by atoms with Crippen LogP contribution in [0.1, 0.15) is 31.6 Å². The number of furan rings is 1. The lowest BCUT2D eigenvalue weighted by Gasteiger charge is -2.20. The zero-order valence-electron chi connectivity index (χ0n) is 10.7. The third kappa shape index (κ3) is 2.49. The summed E-state index contributed by atoms with van der Waals surface area (Å²) in [7, 11) is 0. The van der Waals surface area contributed by atoms with Crippen molar-refractivity contribution in [1.82, 2.24) is 5.43 Å². The quantitative estimate of drug-likeness (QED) is 0.670. The number of hydrazine groups is 1. The van der Waals surface area contributed by atoms with Gasteiger partial charge in [0.05, 0.1) is 12.2 Å². The minimum Gasteiger partial charge on any atom is -0.459 e. The monoisotopic (exact) mass is 280 g/mol. The van der Waals surface area contributed by atoms with Gasteiger partial charge in [0.2, 0.25) is 0 Å². The number of hydrogen-bond donors (Lipinski definition) is 2. The Bertz CT molecular complexity index is 584. The van der Waals surface area contributed by atoms with Crippen molar-refractivity contribution in [2.24, 2.45) is 5.84 Å². The Kier molecular flexibility index (Phi) is 3.50. The lowest BCUT2D eigenvalue weighted by atomic mass is 10.1. The fourth-order valence-corrected chi connectivity index (χ4v) is 2.82. The van der Waals surface area contributed by atoms with Crippen molar-refractivity contribution >= 4 is 22.6 Å². The molecule has 0 saturated carbocycles. The average molecular weight is 281 g/mol. The molecule has 3 N–H and O–H groups in total. The fraction of sp³-hybridized carbons (Fsp3) is 0.429. The molecule has 102 valence electrons. The molecule has 2 heterocycles. The summed E-state index contributed by atoms with van der Waals surface area (Å²) in [6, 6.07) is 7.41. The first-order valence-corrected chi connectivity index (χ1v) is 6.86. The van der Waals surface area contributed by atoms with Gasteiger partial charge in [-0.15, -0.1) is 0 Å². The molecule has 1 saturated heterocycles. The van der Waals surface area contributed by atoms with E-state index in [4.69, 9.17) is 26.6 Å². The van der Waals surface area contributed by atoms with Crippen molar-refractivity contribution in [3.63, 3.8) is 0 Å². The Balaban J connectivity index is 1.92. The van der Waals surface area contributed by atoms with Crippen LogP contribution in [-0.4, -0.2) is 12.2 Å². The summed E-state index contributed by atoms with van der Waals surface area (Å²) in [4.78, 5) is 0. The third-order valence-electron chi connectivity index (χ3n) is 3.62. The molecule has 1 aromatic carbocycles. The van der Waals surface area contributed by atoms with Crippen LogP contribution in [-0.2, 0) is 4.74 Å². The topological polar surface area (TPSA) is 60.4 Å². The van der Waals surface area contributed by atoms with Gasteiger partial charge in [0.15, 0.2) is 0 Å². The minimum atomic E-state index is -0.129. The molecule has 1 aromatic heterocycles. The molecule has 2 aromatic rings. The first-order valence-electron chi connectivity index (χ1n) is 6.48. The summed E-state index contributed by atoms with van der Waals surface area (Å²) < 4.78 is 11.7. The van der Waals surface area contributed by atoms with Gasteiger partial charge in [-0.2, -0.15) is 0 Å². The largest absolute Gasteiger partial charge is 0.459 e. The van der Waals surface area contributed by atoms with Gasteiger partial charge >= 0.3 is 0 Å². The van der Waals surface area contributed by atoms with Gasteiger partial charge in [0.25, 0.3) is 0 Å². The van der Waals surface area contributed by atoms with E-state index in [1.165, 1.54) is 0 Å². The Hall–Kier alpha value is -1.07. The van der Waals surface area contributed by atoms with Gasteiger partial charge in [-0.3, -0.25) is 5.84 Å². The molecule has 4 nitrogen and oxygen atoms in total. The first-order chi connectivity index (χ1) is 9.17. The van der Waals surface area contributed by atoms with Crippen LogP contribution in [0.3, 0.4) is 0 Å². The summed E-state index contributed by atoms with van der Waals surface area (Å²) in [5, 5.41) is 1.68. The summed E-state index contributed by atoms with van der Waals surface area (Å²) in [5.41, 5.74) is 3.62. The minimum absolute atomic E-state index is 0.0519. The van der Waals surface area contributed by atoms with E-state index in [0.29, 0.717) is 5.02 Å². The van der Waals surface area contributed by atoms with E-state index in [1.54, 1.807) is 0 Å². The number of rotatable bonds is 3. The van der Waals surface area contributed by atoms with Crippen molar-refractivity contribution in [3.05, 3.63) is 35.0 Å². The van der Waals surface area contributed by atoms with Gasteiger partial charge in [0.1, 0.15) is 17.4 Å². The average Bonchev–Trinajstić information content (AvgIpc) is 2.96. The maximum absolute atomic E-state index is 5.98. The highest BCUT2D eigenvalue weighted by atomic mass is 35.5. The van der Waals surface area contributed by atoms with Crippen LogP contribution in [0.2, 0.25) is 5.02 Å². The van der Waals surface area contributed by atoms with Crippen molar-refractivity contribution < 1.29 is 9.15 Å². The summed E-state index contributed by atoms with van der Waals surface area (Å²) in [6.45, 7) is 2.08. The van der Waals surface area contributed by atoms with Crippen LogP contribution in [0.25, 0.3) is 11.0 Å². The van der Waals surface area contributed by atoms with Crippen LogP contribution >= 0.6 is 11.6 Å². The number of nitrogens with one attached hydrogen (secondary N) is 1. The molecule has 1 fully saturated rings. The number of hydrogen-bond acceptors (Lipinski definition) is 4. The second-order valence-corrected chi connectivity index (χ2v) is 5.47. The van der Waals surface area contributed by atoms with Crippen LogP contribution in [0.4, 0.5) is 0 Å². The molecule has 0 bridgehead atoms. The maximum Gasteiger partial charge on any atom is 0.134 e. The number of nitrogens with two attached hydrogens (primary N) is 1. The number of benzene rings is 1. The Labute approximate surface area is 116 Å². The SMILES string of the molecule is CC1CCC(C(NN)c2cc3cc(Cl)ccc3o2)O1. The predicted octanol–water partition coefficient (Wildman–Crippen LogP) is 3.16. The zero-order chi connectivity index (χ0) is 13.4. The molecule has 3 unspecified atom stereocenters. The van der Waals surface area contributed by atoms with Crippen LogP contribution in [0.15, 0.2) is 28.7 Å². The van der Waals surface area contributed by atoms with Crippen LogP contribution < -0.4 is 11.3 Å². The highest BCUT2D eigenvalue weighted by molar-refractivity contribution is 6.31. The molecule has 0 amide bonds. The second-order valence-electron chi connectivity index (χ2n) is 5.04. The lowest BCUT2D eigenvalue weighted by molar-refractivity contribution is 0.0271. The van der Waals surface area contributed by atoms with Gasteiger partial charge in [-0.05, 0) is 44.0 Å². The number of ether oxygens (including phenoxy) is 1. The van der Waals surface area contributed by atoms with Crippen molar-refractivity contribution in [1.29, 1.82) is 0 Å². The van der Waals surface area contributed by atoms with E-state index in [2.05, 4.69) is 12.3 Å². The van der Waals surface area contributed by atoms with Gasteiger partial charge in [-0.25, -0.2) is 5.43 Å². The molecule has 1 aliphatic rings. The molecule has 19 heavy (non-hydrogen) atoms. The number of halogens is 1. The van der Waals surface area contributed by atoms with Crippen molar-refractivity contribution in [2.45, 2.75) is 38.0 Å². The first kappa shape index (κ1) is 12.9. The van der Waals surface area contributed by atoms with E-state index in [9.17, 15) is 0 Å². The summed E-state index contributed by atoms with van der Waals surface area (Å²) in [5.74, 6) is 6.46. The lowest BCUT2D eigenvalue weighted by Crippen LogP contribution is -2.36. The zero-order valence-corrected chi connectivity index (χ0v) is 11.5. The van der Waals surface area contributed by atoms with Gasteiger partial charge < -0.3 is 9.15 Å². The highest BCUT2D eigenvalue weighted by Crippen LogP contribution is 2.33. The molecule has 1 aliphatic heterocycles. The second kappa shape index (κ2) is 5.13. The fourth-order valence-electron chi connectivity index (χ4n) is 2.64. The molecular formula is C14H17ClN2O2. The molecule has 0 radical (unpaired) electrons. The van der Waals surface area contributed by atoms with E-state index < -0.39 is 0 Å². The van der Waals surface area contributed by atoms with E-state index >= 15 is 0 Å². The summed E-state index contributed by atoms with van der Waals surface area (Å²) in [6.07, 6.45) is 2.36. The molecule has 3 rings (SSSR count). The molecule has 0 spiro atoms. The van der Waals surface area contributed by atoms with Crippen molar-refractivity contribution in [3.8, 4) is 0 Å². The third-order valence-corrected chi connectivity index (χ3v) is 3.86.